The third kappa shape index (κ3) is 3.61. The van der Waals surface area contributed by atoms with Crippen LogP contribution in [0.3, 0.4) is 0 Å². The standard InChI is InChI=1S/C22H14F3N3O3S/c1-3-28-20(29)15(11(2)16(10-26)21(28)30)8-14-9-17-19(32-14)27-18(31-17)12-4-6-13(7-5-12)22(23,24)25/h4-9H,3H2,1-2H3/b15-8-. The Balaban J connectivity index is 1.69. The van der Waals surface area contributed by atoms with Crippen LogP contribution >= 0.6 is 11.3 Å². The van der Waals surface area contributed by atoms with E-state index in [4.69, 9.17) is 4.42 Å². The van der Waals surface area contributed by atoms with Crippen molar-refractivity contribution in [3.63, 3.8) is 0 Å². The van der Waals surface area contributed by atoms with Crippen LogP contribution in [0.1, 0.15) is 24.3 Å². The second-order valence-electron chi connectivity index (χ2n) is 6.94. The van der Waals surface area contributed by atoms with Gasteiger partial charge in [0.2, 0.25) is 5.89 Å². The summed E-state index contributed by atoms with van der Waals surface area (Å²) in [6.07, 6.45) is -2.85. The molecule has 6 nitrogen and oxygen atoms in total. The van der Waals surface area contributed by atoms with Crippen molar-refractivity contribution in [2.45, 2.75) is 20.0 Å². The van der Waals surface area contributed by atoms with Gasteiger partial charge in [-0.2, -0.15) is 23.4 Å². The first-order valence-electron chi connectivity index (χ1n) is 9.41. The van der Waals surface area contributed by atoms with Crippen LogP contribution in [0.4, 0.5) is 13.2 Å². The van der Waals surface area contributed by atoms with E-state index in [0.29, 0.717) is 26.4 Å². The zero-order valence-electron chi connectivity index (χ0n) is 16.8. The summed E-state index contributed by atoms with van der Waals surface area (Å²) in [5, 5.41) is 9.32. The van der Waals surface area contributed by atoms with E-state index in [1.54, 1.807) is 26.0 Å². The van der Waals surface area contributed by atoms with Crippen LogP contribution in [0, 0.1) is 11.3 Å². The molecular formula is C22H14F3N3O3S. The fraction of sp³-hybridized carbons (Fsp3) is 0.182. The number of rotatable bonds is 3. The van der Waals surface area contributed by atoms with E-state index in [1.165, 1.54) is 23.5 Å². The zero-order chi connectivity index (χ0) is 23.2. The monoisotopic (exact) mass is 457 g/mol. The Kier molecular flexibility index (Phi) is 5.22. The number of carbonyl (C=O) groups excluding carboxylic acids is 2. The van der Waals surface area contributed by atoms with Crippen molar-refractivity contribution in [2.24, 2.45) is 0 Å². The van der Waals surface area contributed by atoms with Gasteiger partial charge in [0.25, 0.3) is 11.8 Å². The van der Waals surface area contributed by atoms with E-state index in [1.807, 2.05) is 6.07 Å². The van der Waals surface area contributed by atoms with E-state index in [0.717, 1.165) is 17.0 Å². The number of carbonyl (C=O) groups is 2. The van der Waals surface area contributed by atoms with Crippen molar-refractivity contribution in [2.75, 3.05) is 6.54 Å². The highest BCUT2D eigenvalue weighted by atomic mass is 32.1. The highest BCUT2D eigenvalue weighted by Gasteiger charge is 2.34. The van der Waals surface area contributed by atoms with Crippen LogP contribution < -0.4 is 0 Å². The molecule has 1 aliphatic heterocycles. The molecule has 32 heavy (non-hydrogen) atoms. The molecule has 10 heteroatoms. The van der Waals surface area contributed by atoms with E-state index in [9.17, 15) is 28.0 Å². The largest absolute Gasteiger partial charge is 0.435 e. The maximum atomic E-state index is 12.7. The number of alkyl halides is 3. The molecule has 0 spiro atoms. The average Bonchev–Trinajstić information content (AvgIpc) is 3.30. The van der Waals surface area contributed by atoms with Gasteiger partial charge in [0.1, 0.15) is 11.6 Å². The number of hydrogen-bond acceptors (Lipinski definition) is 6. The molecule has 0 aliphatic carbocycles. The number of likely N-dealkylation sites (N-methyl/N-ethyl adjacent to an activating group) is 1. The molecular weight excluding hydrogens is 443 g/mol. The van der Waals surface area contributed by atoms with Crippen LogP contribution in [0.15, 0.2) is 51.5 Å². The number of fused-ring (bicyclic) bond motifs is 1. The van der Waals surface area contributed by atoms with Gasteiger partial charge in [-0.1, -0.05) is 0 Å². The minimum Gasteiger partial charge on any atom is -0.435 e. The lowest BCUT2D eigenvalue weighted by atomic mass is 9.95. The van der Waals surface area contributed by atoms with Gasteiger partial charge in [-0.05, 0) is 49.8 Å². The van der Waals surface area contributed by atoms with Gasteiger partial charge in [-0.3, -0.25) is 14.5 Å². The summed E-state index contributed by atoms with van der Waals surface area (Å²) in [6, 6.07) is 8.00. The van der Waals surface area contributed by atoms with Crippen LogP contribution in [0.5, 0.6) is 0 Å². The number of imide groups is 1. The highest BCUT2D eigenvalue weighted by molar-refractivity contribution is 7.19. The number of benzene rings is 1. The number of aromatic nitrogens is 1. The Bertz CT molecular complexity index is 1320. The quantitative estimate of drug-likeness (QED) is 0.399. The van der Waals surface area contributed by atoms with E-state index >= 15 is 0 Å². The lowest BCUT2D eigenvalue weighted by molar-refractivity contribution is -0.140. The van der Waals surface area contributed by atoms with E-state index in [2.05, 4.69) is 4.98 Å². The van der Waals surface area contributed by atoms with Gasteiger partial charge < -0.3 is 4.42 Å². The first-order chi connectivity index (χ1) is 15.1. The number of oxazole rings is 1. The predicted octanol–water partition coefficient (Wildman–Crippen LogP) is 5.19. The van der Waals surface area contributed by atoms with Crippen LogP contribution in [0.25, 0.3) is 27.9 Å². The Morgan fingerprint density at radius 1 is 1.22 bits per heavy atom. The van der Waals surface area contributed by atoms with Crippen LogP contribution in [0.2, 0.25) is 0 Å². The van der Waals surface area contributed by atoms with Crippen LogP contribution in [-0.4, -0.2) is 28.2 Å². The van der Waals surface area contributed by atoms with Gasteiger partial charge in [-0.25, -0.2) is 0 Å². The highest BCUT2D eigenvalue weighted by Crippen LogP contribution is 2.35. The van der Waals surface area contributed by atoms with Crippen molar-refractivity contribution < 1.29 is 27.2 Å². The minimum atomic E-state index is -4.43. The maximum absolute atomic E-state index is 12.7. The lowest BCUT2D eigenvalue weighted by Crippen LogP contribution is -2.42. The number of thiophene rings is 1. The van der Waals surface area contributed by atoms with Crippen molar-refractivity contribution in [3.05, 3.63) is 57.5 Å². The Morgan fingerprint density at radius 2 is 1.91 bits per heavy atom. The first kappa shape index (κ1) is 21.5. The predicted molar refractivity (Wildman–Crippen MR) is 111 cm³/mol. The summed E-state index contributed by atoms with van der Waals surface area (Å²) in [4.78, 5) is 31.4. The van der Waals surface area contributed by atoms with Crippen molar-refractivity contribution >= 4 is 39.6 Å². The molecule has 2 aromatic heterocycles. The molecule has 3 aromatic rings. The summed E-state index contributed by atoms with van der Waals surface area (Å²) in [5.41, 5.74) is 0.496. The third-order valence-corrected chi connectivity index (χ3v) is 5.95. The molecule has 0 saturated carbocycles. The topological polar surface area (TPSA) is 87.2 Å². The molecule has 0 atom stereocenters. The van der Waals surface area contributed by atoms with Gasteiger partial charge in [-0.15, -0.1) is 11.3 Å². The zero-order valence-corrected chi connectivity index (χ0v) is 17.6. The summed E-state index contributed by atoms with van der Waals surface area (Å²) < 4.78 is 43.9. The second-order valence-corrected chi connectivity index (χ2v) is 8.00. The lowest BCUT2D eigenvalue weighted by Gasteiger charge is -2.26. The Labute approximate surface area is 183 Å². The van der Waals surface area contributed by atoms with Gasteiger partial charge >= 0.3 is 6.18 Å². The fourth-order valence-electron chi connectivity index (χ4n) is 3.31. The van der Waals surface area contributed by atoms with Gasteiger partial charge in [0, 0.05) is 28.6 Å². The number of hydrogen-bond donors (Lipinski definition) is 0. The normalized spacial score (nSPS) is 16.4. The Morgan fingerprint density at radius 3 is 2.47 bits per heavy atom. The third-order valence-electron chi connectivity index (χ3n) is 5.00. The SMILES string of the molecule is CCN1C(=O)C(C#N)=C(C)/C(=C/c2cc3oc(-c4ccc(C(F)(F)F)cc4)nc3s2)C1=O. The van der Waals surface area contributed by atoms with Gasteiger partial charge in [0.15, 0.2) is 10.4 Å². The second kappa shape index (κ2) is 7.76. The molecule has 1 aromatic carbocycles. The Hall–Kier alpha value is -3.71. The number of halogens is 3. The molecule has 0 radical (unpaired) electrons. The molecule has 0 N–H and O–H groups in total. The fourth-order valence-corrected chi connectivity index (χ4v) is 4.20. The van der Waals surface area contributed by atoms with Crippen molar-refractivity contribution in [3.8, 4) is 17.5 Å². The molecule has 0 saturated heterocycles. The minimum absolute atomic E-state index is 0.0827. The molecule has 2 amide bonds. The summed E-state index contributed by atoms with van der Waals surface area (Å²) in [7, 11) is 0. The average molecular weight is 457 g/mol. The molecule has 0 fully saturated rings. The molecule has 1 aliphatic rings. The number of nitrogens with zero attached hydrogens (tertiary/aromatic N) is 3. The first-order valence-corrected chi connectivity index (χ1v) is 10.2. The maximum Gasteiger partial charge on any atom is 0.416 e. The molecule has 162 valence electrons. The molecule has 0 unspecified atom stereocenters. The van der Waals surface area contributed by atoms with E-state index < -0.39 is 23.6 Å². The molecule has 4 rings (SSSR count). The summed E-state index contributed by atoms with van der Waals surface area (Å²) in [6.45, 7) is 3.33. The van der Waals surface area contributed by atoms with E-state index in [-0.39, 0.29) is 23.6 Å². The van der Waals surface area contributed by atoms with Gasteiger partial charge in [0.05, 0.1) is 5.56 Å². The van der Waals surface area contributed by atoms with Crippen LogP contribution in [-0.2, 0) is 15.8 Å². The smallest absolute Gasteiger partial charge is 0.416 e. The summed E-state index contributed by atoms with van der Waals surface area (Å²) in [5.74, 6) is -0.923. The number of amides is 2. The molecule has 0 bridgehead atoms. The van der Waals surface area contributed by atoms with Crippen molar-refractivity contribution in [1.82, 2.24) is 9.88 Å². The van der Waals surface area contributed by atoms with Crippen molar-refractivity contribution in [1.29, 1.82) is 5.26 Å². The number of nitriles is 1. The summed E-state index contributed by atoms with van der Waals surface area (Å²) >= 11 is 1.21. The molecule has 3 heterocycles.